The molecule has 2 fully saturated rings. The minimum Gasteiger partial charge on any atom is -0.480 e. The fourth-order valence-electron chi connectivity index (χ4n) is 4.18. The molecule has 6 N–H and O–H groups in total. The van der Waals surface area contributed by atoms with Crippen LogP contribution in [0.3, 0.4) is 0 Å². The third kappa shape index (κ3) is 6.90. The maximum Gasteiger partial charge on any atom is 0.326 e. The number of hydrogen-bond donors (Lipinski definition) is 5. The van der Waals surface area contributed by atoms with Gasteiger partial charge in [0.25, 0.3) is 0 Å². The largest absolute Gasteiger partial charge is 0.480 e. The van der Waals surface area contributed by atoms with Crippen molar-refractivity contribution in [1.29, 1.82) is 0 Å². The lowest BCUT2D eigenvalue weighted by Gasteiger charge is -2.30. The van der Waals surface area contributed by atoms with Gasteiger partial charge in [0.15, 0.2) is 0 Å². The first-order valence-corrected chi connectivity index (χ1v) is 11.3. The van der Waals surface area contributed by atoms with Crippen molar-refractivity contribution in [3.05, 3.63) is 0 Å². The Labute approximate surface area is 183 Å². The normalized spacial score (nSPS) is 22.9. The number of carbonyl (C=O) groups excluding carboxylic acids is 3. The highest BCUT2D eigenvalue weighted by Crippen LogP contribution is 2.20. The summed E-state index contributed by atoms with van der Waals surface area (Å²) in [6.45, 7) is 5.23. The van der Waals surface area contributed by atoms with Gasteiger partial charge < -0.3 is 31.7 Å². The molecule has 31 heavy (non-hydrogen) atoms. The summed E-state index contributed by atoms with van der Waals surface area (Å²) in [5.41, 5.74) is 5.56. The van der Waals surface area contributed by atoms with Crippen LogP contribution in [-0.2, 0) is 19.2 Å². The van der Waals surface area contributed by atoms with E-state index < -0.39 is 35.9 Å². The van der Waals surface area contributed by atoms with Crippen molar-refractivity contribution in [2.75, 3.05) is 19.6 Å². The number of hydrogen-bond acceptors (Lipinski definition) is 6. The average Bonchev–Trinajstić information content (AvgIpc) is 3.42. The van der Waals surface area contributed by atoms with Gasteiger partial charge in [-0.15, -0.1) is 0 Å². The number of aliphatic carboxylic acids is 1. The number of rotatable bonds is 11. The maximum atomic E-state index is 13.1. The second kappa shape index (κ2) is 12.0. The zero-order valence-electron chi connectivity index (χ0n) is 18.6. The second-order valence-corrected chi connectivity index (χ2v) is 8.75. The summed E-state index contributed by atoms with van der Waals surface area (Å²) >= 11 is 0. The summed E-state index contributed by atoms with van der Waals surface area (Å²) < 4.78 is 0. The monoisotopic (exact) mass is 439 g/mol. The van der Waals surface area contributed by atoms with E-state index in [9.17, 15) is 24.3 Å². The minimum absolute atomic E-state index is 0.219. The number of amides is 3. The number of nitrogens with one attached hydrogen (secondary N) is 3. The predicted molar refractivity (Wildman–Crippen MR) is 115 cm³/mol. The summed E-state index contributed by atoms with van der Waals surface area (Å²) in [6.07, 6.45) is 4.47. The highest BCUT2D eigenvalue weighted by molar-refractivity contribution is 5.94. The van der Waals surface area contributed by atoms with Gasteiger partial charge in [-0.3, -0.25) is 14.4 Å². The molecule has 0 bridgehead atoms. The first kappa shape index (κ1) is 25.1. The molecule has 0 spiro atoms. The van der Waals surface area contributed by atoms with E-state index in [0.29, 0.717) is 38.8 Å². The van der Waals surface area contributed by atoms with E-state index in [1.165, 1.54) is 4.90 Å². The predicted octanol–water partition coefficient (Wildman–Crippen LogP) is -0.431. The van der Waals surface area contributed by atoms with E-state index in [4.69, 9.17) is 5.73 Å². The van der Waals surface area contributed by atoms with Crippen LogP contribution in [0.1, 0.15) is 58.8 Å². The lowest BCUT2D eigenvalue weighted by Crippen LogP contribution is -2.58. The summed E-state index contributed by atoms with van der Waals surface area (Å²) in [6, 6.07) is -2.80. The van der Waals surface area contributed by atoms with Gasteiger partial charge in [0.1, 0.15) is 18.1 Å². The third-order valence-corrected chi connectivity index (χ3v) is 6.01. The van der Waals surface area contributed by atoms with Crippen molar-refractivity contribution in [3.63, 3.8) is 0 Å². The summed E-state index contributed by atoms with van der Waals surface area (Å²) in [5, 5.41) is 18.1. The Kier molecular flexibility index (Phi) is 9.70. The molecule has 10 heteroatoms. The van der Waals surface area contributed by atoms with Crippen LogP contribution in [0.4, 0.5) is 0 Å². The van der Waals surface area contributed by atoms with Gasteiger partial charge in [-0.2, -0.15) is 0 Å². The van der Waals surface area contributed by atoms with Crippen molar-refractivity contribution in [2.24, 2.45) is 11.7 Å². The number of nitrogens with two attached hydrogens (primary N) is 1. The molecule has 3 amide bonds. The van der Waals surface area contributed by atoms with Crippen molar-refractivity contribution in [1.82, 2.24) is 20.9 Å². The maximum absolute atomic E-state index is 13.1. The number of nitrogens with zero attached hydrogens (tertiary/aromatic N) is 1. The molecule has 2 rings (SSSR count). The highest BCUT2D eigenvalue weighted by atomic mass is 16.4. The highest BCUT2D eigenvalue weighted by Gasteiger charge is 2.39. The Bertz CT molecular complexity index is 650. The van der Waals surface area contributed by atoms with E-state index in [0.717, 1.165) is 25.8 Å². The van der Waals surface area contributed by atoms with Crippen LogP contribution in [0.5, 0.6) is 0 Å². The molecule has 0 aliphatic carbocycles. The standard InChI is InChI=1S/C21H37N5O5/c1-13(2)17(20(29)26-12-6-9-16(26)21(30)31)25-19(28)15(7-3-4-10-22)24-18(27)14-8-5-11-23-14/h13-17,23H,3-12,22H2,1-2H3,(H,24,27)(H,25,28)(H,30,31). The number of unbranched alkanes of at least 4 members (excludes halogenated alkanes) is 1. The van der Waals surface area contributed by atoms with E-state index >= 15 is 0 Å². The van der Waals surface area contributed by atoms with Crippen LogP contribution in [0, 0.1) is 5.92 Å². The minimum atomic E-state index is -1.03. The topological polar surface area (TPSA) is 154 Å². The number of carbonyl (C=O) groups is 4. The van der Waals surface area contributed by atoms with Crippen molar-refractivity contribution in [3.8, 4) is 0 Å². The zero-order chi connectivity index (χ0) is 23.0. The Balaban J connectivity index is 2.08. The van der Waals surface area contributed by atoms with E-state index in [1.54, 1.807) is 13.8 Å². The third-order valence-electron chi connectivity index (χ3n) is 6.01. The smallest absolute Gasteiger partial charge is 0.326 e. The second-order valence-electron chi connectivity index (χ2n) is 8.75. The summed E-state index contributed by atoms with van der Waals surface area (Å²) in [4.78, 5) is 51.5. The average molecular weight is 440 g/mol. The first-order chi connectivity index (χ1) is 14.8. The molecule has 4 unspecified atom stereocenters. The molecular weight excluding hydrogens is 402 g/mol. The van der Waals surface area contributed by atoms with Gasteiger partial charge in [-0.1, -0.05) is 13.8 Å². The molecule has 2 aliphatic heterocycles. The van der Waals surface area contributed by atoms with Gasteiger partial charge in [0.2, 0.25) is 17.7 Å². The van der Waals surface area contributed by atoms with E-state index in [-0.39, 0.29) is 17.9 Å². The SMILES string of the molecule is CC(C)C(NC(=O)C(CCCCN)NC(=O)C1CCCN1)C(=O)N1CCCC1C(=O)O. The Morgan fingerprint density at radius 3 is 2.45 bits per heavy atom. The molecule has 2 heterocycles. The Morgan fingerprint density at radius 2 is 1.87 bits per heavy atom. The molecule has 4 atom stereocenters. The van der Waals surface area contributed by atoms with Crippen LogP contribution in [-0.4, -0.2) is 77.5 Å². The molecule has 0 aromatic carbocycles. The van der Waals surface area contributed by atoms with Gasteiger partial charge in [-0.05, 0) is 64.0 Å². The van der Waals surface area contributed by atoms with Gasteiger partial charge in [0, 0.05) is 6.54 Å². The fraction of sp³-hybridized carbons (Fsp3) is 0.810. The molecule has 0 aromatic heterocycles. The van der Waals surface area contributed by atoms with Crippen molar-refractivity contribution < 1.29 is 24.3 Å². The lowest BCUT2D eigenvalue weighted by atomic mass is 10.0. The number of likely N-dealkylation sites (tertiary alicyclic amines) is 1. The van der Waals surface area contributed by atoms with E-state index in [1.807, 2.05) is 0 Å². The molecule has 176 valence electrons. The van der Waals surface area contributed by atoms with E-state index in [2.05, 4.69) is 16.0 Å². The molecule has 10 nitrogen and oxygen atoms in total. The Hall–Kier alpha value is -2.20. The van der Waals surface area contributed by atoms with Crippen LogP contribution < -0.4 is 21.7 Å². The van der Waals surface area contributed by atoms with Gasteiger partial charge >= 0.3 is 5.97 Å². The van der Waals surface area contributed by atoms with Crippen molar-refractivity contribution >= 4 is 23.7 Å². The van der Waals surface area contributed by atoms with Crippen LogP contribution in [0.15, 0.2) is 0 Å². The Morgan fingerprint density at radius 1 is 1.13 bits per heavy atom. The van der Waals surface area contributed by atoms with Gasteiger partial charge in [0.05, 0.1) is 6.04 Å². The molecular formula is C21H37N5O5. The quantitative estimate of drug-likeness (QED) is 0.274. The molecule has 0 aromatic rings. The number of carboxylic acid groups (broad SMARTS) is 1. The zero-order valence-corrected chi connectivity index (χ0v) is 18.6. The van der Waals surface area contributed by atoms with Crippen LogP contribution in [0.2, 0.25) is 0 Å². The first-order valence-electron chi connectivity index (χ1n) is 11.3. The van der Waals surface area contributed by atoms with Gasteiger partial charge in [-0.25, -0.2) is 4.79 Å². The van der Waals surface area contributed by atoms with Crippen LogP contribution >= 0.6 is 0 Å². The van der Waals surface area contributed by atoms with Crippen molar-refractivity contribution in [2.45, 2.75) is 83.0 Å². The number of carboxylic acids is 1. The summed E-state index contributed by atoms with van der Waals surface area (Å²) in [7, 11) is 0. The van der Waals surface area contributed by atoms with Crippen LogP contribution in [0.25, 0.3) is 0 Å². The fourth-order valence-corrected chi connectivity index (χ4v) is 4.18. The molecule has 2 aliphatic rings. The molecule has 0 saturated carbocycles. The lowest BCUT2D eigenvalue weighted by molar-refractivity contribution is -0.150. The molecule has 2 saturated heterocycles. The summed E-state index contributed by atoms with van der Waals surface area (Å²) in [5.74, 6) is -2.30. The molecule has 0 radical (unpaired) electrons.